The Morgan fingerprint density at radius 1 is 1.12 bits per heavy atom. The minimum absolute atomic E-state index is 0.668. The van der Waals surface area contributed by atoms with E-state index in [4.69, 9.17) is 11.6 Å². The number of hydrogen-bond donors (Lipinski definition) is 0. The first kappa shape index (κ1) is 12.8. The molecule has 2 aromatic rings. The van der Waals surface area contributed by atoms with E-state index in [0.29, 0.717) is 5.02 Å². The number of rotatable bonds is 2. The second-order valence-corrected chi connectivity index (χ2v) is 6.25. The summed E-state index contributed by atoms with van der Waals surface area (Å²) < 4.78 is 12.7. The number of halogens is 2. The molecule has 0 fully saturated rings. The predicted molar refractivity (Wildman–Crippen MR) is 76.9 cm³/mol. The Hall–Kier alpha value is -0.640. The van der Waals surface area contributed by atoms with Gasteiger partial charge >= 0.3 is 0 Å². The van der Waals surface area contributed by atoms with E-state index >= 15 is 0 Å². The minimum atomic E-state index is -1.05. The van der Waals surface area contributed by atoms with Crippen LogP contribution in [0.4, 0.5) is 0 Å². The van der Waals surface area contributed by atoms with Gasteiger partial charge in [0.25, 0.3) is 0 Å². The van der Waals surface area contributed by atoms with Gasteiger partial charge < -0.3 is 0 Å². The van der Waals surface area contributed by atoms with Gasteiger partial charge in [-0.1, -0.05) is 51.8 Å². The minimum Gasteiger partial charge on any atom is -0.255 e. The molecule has 0 radical (unpaired) electrons. The molecule has 1 atom stereocenters. The standard InChI is InChI=1S/C13H10BrClOS/c1-17(16)13-8-9(14)6-7-11(13)10-4-2-3-5-12(10)15/h2-8H,1H3. The first-order valence-electron chi connectivity index (χ1n) is 4.97. The zero-order chi connectivity index (χ0) is 12.4. The van der Waals surface area contributed by atoms with Gasteiger partial charge in [0.1, 0.15) is 0 Å². The van der Waals surface area contributed by atoms with E-state index in [1.165, 1.54) is 0 Å². The number of hydrogen-bond acceptors (Lipinski definition) is 1. The molecule has 0 heterocycles. The smallest absolute Gasteiger partial charge is 0.0504 e. The zero-order valence-corrected chi connectivity index (χ0v) is 12.3. The van der Waals surface area contributed by atoms with E-state index in [0.717, 1.165) is 20.5 Å². The molecule has 0 saturated carbocycles. The highest BCUT2D eigenvalue weighted by atomic mass is 79.9. The molecule has 0 bridgehead atoms. The fraction of sp³-hybridized carbons (Fsp3) is 0.0769. The van der Waals surface area contributed by atoms with Crippen LogP contribution in [0.5, 0.6) is 0 Å². The summed E-state index contributed by atoms with van der Waals surface area (Å²) in [5.74, 6) is 0. The fourth-order valence-corrected chi connectivity index (χ4v) is 3.17. The summed E-state index contributed by atoms with van der Waals surface area (Å²) in [7, 11) is -1.05. The van der Waals surface area contributed by atoms with Gasteiger partial charge in [0.15, 0.2) is 0 Å². The molecule has 2 aromatic carbocycles. The third-order valence-electron chi connectivity index (χ3n) is 2.42. The van der Waals surface area contributed by atoms with Crippen molar-refractivity contribution in [1.29, 1.82) is 0 Å². The van der Waals surface area contributed by atoms with Gasteiger partial charge in [0, 0.05) is 26.2 Å². The predicted octanol–water partition coefficient (Wildman–Crippen LogP) is 4.51. The van der Waals surface area contributed by atoms with Crippen LogP contribution in [0.25, 0.3) is 11.1 Å². The van der Waals surface area contributed by atoms with Crippen molar-refractivity contribution >= 4 is 38.3 Å². The Morgan fingerprint density at radius 2 is 1.82 bits per heavy atom. The van der Waals surface area contributed by atoms with Gasteiger partial charge in [-0.3, -0.25) is 4.21 Å². The van der Waals surface area contributed by atoms with Gasteiger partial charge in [-0.25, -0.2) is 0 Å². The molecule has 0 N–H and O–H groups in total. The maximum absolute atomic E-state index is 11.8. The lowest BCUT2D eigenvalue weighted by Gasteiger charge is -2.09. The third-order valence-corrected chi connectivity index (χ3v) is 4.20. The van der Waals surface area contributed by atoms with Crippen LogP contribution in [-0.4, -0.2) is 10.5 Å². The molecule has 0 saturated heterocycles. The van der Waals surface area contributed by atoms with E-state index in [1.807, 2.05) is 42.5 Å². The van der Waals surface area contributed by atoms with Gasteiger partial charge in [-0.15, -0.1) is 0 Å². The lowest BCUT2D eigenvalue weighted by molar-refractivity contribution is 0.687. The van der Waals surface area contributed by atoms with Gasteiger partial charge in [0.05, 0.1) is 10.8 Å². The van der Waals surface area contributed by atoms with Crippen LogP contribution in [0.2, 0.25) is 5.02 Å². The Labute approximate surface area is 116 Å². The van der Waals surface area contributed by atoms with E-state index in [9.17, 15) is 4.21 Å². The molecule has 1 unspecified atom stereocenters. The van der Waals surface area contributed by atoms with Crippen LogP contribution in [-0.2, 0) is 10.8 Å². The molecular formula is C13H10BrClOS. The topological polar surface area (TPSA) is 17.1 Å². The highest BCUT2D eigenvalue weighted by molar-refractivity contribution is 9.10. The Kier molecular flexibility index (Phi) is 4.02. The van der Waals surface area contributed by atoms with Crippen molar-refractivity contribution < 1.29 is 4.21 Å². The molecule has 0 amide bonds. The molecule has 1 nitrogen and oxygen atoms in total. The van der Waals surface area contributed by atoms with Gasteiger partial charge in [-0.05, 0) is 23.8 Å². The molecule has 2 rings (SSSR count). The van der Waals surface area contributed by atoms with Crippen molar-refractivity contribution in [3.63, 3.8) is 0 Å². The molecule has 0 aliphatic heterocycles. The first-order chi connectivity index (χ1) is 8.09. The van der Waals surface area contributed by atoms with E-state index in [2.05, 4.69) is 15.9 Å². The molecule has 0 aliphatic rings. The maximum Gasteiger partial charge on any atom is 0.0504 e. The highest BCUT2D eigenvalue weighted by Gasteiger charge is 2.11. The van der Waals surface area contributed by atoms with Crippen molar-refractivity contribution in [2.24, 2.45) is 0 Å². The SMILES string of the molecule is CS(=O)c1cc(Br)ccc1-c1ccccc1Cl. The van der Waals surface area contributed by atoms with Crippen molar-refractivity contribution in [3.05, 3.63) is 52.0 Å². The highest BCUT2D eigenvalue weighted by Crippen LogP contribution is 2.33. The summed E-state index contributed by atoms with van der Waals surface area (Å²) in [6.07, 6.45) is 1.67. The van der Waals surface area contributed by atoms with E-state index < -0.39 is 10.8 Å². The van der Waals surface area contributed by atoms with E-state index in [1.54, 1.807) is 6.26 Å². The van der Waals surface area contributed by atoms with Crippen LogP contribution in [0, 0.1) is 0 Å². The van der Waals surface area contributed by atoms with Crippen LogP contribution < -0.4 is 0 Å². The second kappa shape index (κ2) is 5.34. The van der Waals surface area contributed by atoms with Crippen molar-refractivity contribution in [3.8, 4) is 11.1 Å². The quantitative estimate of drug-likeness (QED) is 0.792. The van der Waals surface area contributed by atoms with E-state index in [-0.39, 0.29) is 0 Å². The lowest BCUT2D eigenvalue weighted by atomic mass is 10.1. The summed E-state index contributed by atoms with van der Waals surface area (Å²) >= 11 is 9.55. The first-order valence-corrected chi connectivity index (χ1v) is 7.70. The van der Waals surface area contributed by atoms with Gasteiger partial charge in [-0.2, -0.15) is 0 Å². The van der Waals surface area contributed by atoms with Crippen LogP contribution in [0.3, 0.4) is 0 Å². The lowest BCUT2D eigenvalue weighted by Crippen LogP contribution is -1.92. The monoisotopic (exact) mass is 328 g/mol. The molecular weight excluding hydrogens is 320 g/mol. The molecule has 4 heteroatoms. The van der Waals surface area contributed by atoms with Crippen molar-refractivity contribution in [2.75, 3.05) is 6.26 Å². The van der Waals surface area contributed by atoms with Crippen molar-refractivity contribution in [1.82, 2.24) is 0 Å². The Morgan fingerprint density at radius 3 is 2.47 bits per heavy atom. The Balaban J connectivity index is 2.68. The number of benzene rings is 2. The Bertz CT molecular complexity index is 583. The summed E-state index contributed by atoms with van der Waals surface area (Å²) in [6.45, 7) is 0. The summed E-state index contributed by atoms with van der Waals surface area (Å²) in [5, 5.41) is 0.668. The summed E-state index contributed by atoms with van der Waals surface area (Å²) in [5.41, 5.74) is 1.83. The largest absolute Gasteiger partial charge is 0.255 e. The fourth-order valence-electron chi connectivity index (χ4n) is 1.64. The van der Waals surface area contributed by atoms with Crippen LogP contribution in [0.1, 0.15) is 0 Å². The summed E-state index contributed by atoms with van der Waals surface area (Å²) in [4.78, 5) is 0.785. The molecule has 0 aliphatic carbocycles. The van der Waals surface area contributed by atoms with Crippen LogP contribution >= 0.6 is 27.5 Å². The third kappa shape index (κ3) is 2.79. The average molecular weight is 330 g/mol. The molecule has 0 spiro atoms. The second-order valence-electron chi connectivity index (χ2n) is 3.57. The van der Waals surface area contributed by atoms with Gasteiger partial charge in [0.2, 0.25) is 0 Å². The molecule has 0 aromatic heterocycles. The maximum atomic E-state index is 11.8. The van der Waals surface area contributed by atoms with Crippen molar-refractivity contribution in [2.45, 2.75) is 4.90 Å². The summed E-state index contributed by atoms with van der Waals surface area (Å²) in [6, 6.07) is 13.3. The normalized spacial score (nSPS) is 12.4. The average Bonchev–Trinajstić information content (AvgIpc) is 2.30. The molecule has 17 heavy (non-hydrogen) atoms. The van der Waals surface area contributed by atoms with Crippen LogP contribution in [0.15, 0.2) is 51.8 Å². The zero-order valence-electron chi connectivity index (χ0n) is 9.11. The molecule has 88 valence electrons.